The second-order valence-corrected chi connectivity index (χ2v) is 6.20. The summed E-state index contributed by atoms with van der Waals surface area (Å²) in [5, 5.41) is 2.54. The number of aryl methyl sites for hydroxylation is 1. The van der Waals surface area contributed by atoms with Gasteiger partial charge in [0.2, 0.25) is 0 Å². The van der Waals surface area contributed by atoms with Crippen molar-refractivity contribution < 1.29 is 19.1 Å². The highest BCUT2D eigenvalue weighted by Crippen LogP contribution is 2.10. The summed E-state index contributed by atoms with van der Waals surface area (Å²) in [5.74, 6) is -0.499. The number of carbonyl (C=O) groups excluding carboxylic acids is 2. The fourth-order valence-corrected chi connectivity index (χ4v) is 1.91. The summed E-state index contributed by atoms with van der Waals surface area (Å²) in [6.45, 7) is 5.27. The summed E-state index contributed by atoms with van der Waals surface area (Å²) in [7, 11) is 1.29. The van der Waals surface area contributed by atoms with Gasteiger partial charge in [0.1, 0.15) is 11.6 Å². The summed E-state index contributed by atoms with van der Waals surface area (Å²) in [6.07, 6.45) is 2.71. The van der Waals surface area contributed by atoms with E-state index < -0.39 is 23.7 Å². The van der Waals surface area contributed by atoms with Gasteiger partial charge in [-0.1, -0.05) is 0 Å². The highest BCUT2D eigenvalue weighted by molar-refractivity contribution is 5.81. The van der Waals surface area contributed by atoms with E-state index in [0.29, 0.717) is 24.9 Å². The molecule has 0 aliphatic heterocycles. The Bertz CT molecular complexity index is 523. The zero-order valence-corrected chi connectivity index (χ0v) is 14.1. The van der Waals surface area contributed by atoms with E-state index >= 15 is 0 Å². The Kier molecular flexibility index (Phi) is 6.81. The van der Waals surface area contributed by atoms with Crippen LogP contribution in [0.2, 0.25) is 0 Å². The minimum Gasteiger partial charge on any atom is -0.467 e. The first-order chi connectivity index (χ1) is 10.7. The maximum Gasteiger partial charge on any atom is 0.408 e. The molecule has 0 aliphatic carbocycles. The molecule has 0 radical (unpaired) electrons. The van der Waals surface area contributed by atoms with Crippen molar-refractivity contribution in [3.8, 4) is 0 Å². The number of pyridine rings is 1. The van der Waals surface area contributed by atoms with Crippen LogP contribution >= 0.6 is 0 Å². The van der Waals surface area contributed by atoms with Crippen molar-refractivity contribution in [2.75, 3.05) is 12.8 Å². The quantitative estimate of drug-likeness (QED) is 0.777. The number of alkyl carbamates (subject to hydrolysis) is 1. The molecular formula is C16H25N3O4. The van der Waals surface area contributed by atoms with E-state index in [4.69, 9.17) is 15.2 Å². The van der Waals surface area contributed by atoms with Crippen LogP contribution in [0.15, 0.2) is 18.3 Å². The van der Waals surface area contributed by atoms with Crippen molar-refractivity contribution in [3.63, 3.8) is 0 Å². The number of methoxy groups -OCH3 is 1. The first-order valence-electron chi connectivity index (χ1n) is 7.49. The summed E-state index contributed by atoms with van der Waals surface area (Å²) < 4.78 is 9.88. The zero-order chi connectivity index (χ0) is 17.5. The van der Waals surface area contributed by atoms with Crippen LogP contribution in [0.4, 0.5) is 10.5 Å². The number of nitrogens with zero attached hydrogens (tertiary/aromatic N) is 1. The van der Waals surface area contributed by atoms with Crippen molar-refractivity contribution in [2.24, 2.45) is 0 Å². The highest BCUT2D eigenvalue weighted by atomic mass is 16.6. The van der Waals surface area contributed by atoms with Crippen molar-refractivity contribution in [3.05, 3.63) is 24.0 Å². The average Bonchev–Trinajstić information content (AvgIpc) is 2.45. The molecule has 0 aromatic carbocycles. The second-order valence-electron chi connectivity index (χ2n) is 6.20. The number of anilines is 1. The van der Waals surface area contributed by atoms with E-state index in [1.54, 1.807) is 33.0 Å². The van der Waals surface area contributed by atoms with Gasteiger partial charge in [0.15, 0.2) is 0 Å². The lowest BCUT2D eigenvalue weighted by Crippen LogP contribution is -2.44. The van der Waals surface area contributed by atoms with Crippen LogP contribution in [0.1, 0.15) is 39.3 Å². The number of ether oxygens (including phenoxy) is 2. The number of aromatic nitrogens is 1. The van der Waals surface area contributed by atoms with Crippen LogP contribution in [0.3, 0.4) is 0 Å². The molecule has 0 fully saturated rings. The van der Waals surface area contributed by atoms with E-state index in [1.807, 2.05) is 6.07 Å². The fraction of sp³-hybridized carbons (Fsp3) is 0.562. The molecule has 1 atom stereocenters. The SMILES string of the molecule is COC(=O)C(CCCc1ccc(N)cn1)NC(=O)OC(C)(C)C. The number of carbonyl (C=O) groups is 2. The first kappa shape index (κ1) is 18.7. The minimum atomic E-state index is -0.747. The molecule has 3 N–H and O–H groups in total. The zero-order valence-electron chi connectivity index (χ0n) is 14.1. The molecule has 0 saturated carbocycles. The fourth-order valence-electron chi connectivity index (χ4n) is 1.91. The Labute approximate surface area is 136 Å². The first-order valence-corrected chi connectivity index (χ1v) is 7.49. The number of esters is 1. The molecule has 1 unspecified atom stereocenters. The molecule has 1 amide bonds. The van der Waals surface area contributed by atoms with E-state index in [9.17, 15) is 9.59 Å². The van der Waals surface area contributed by atoms with Gasteiger partial charge in [-0.2, -0.15) is 0 Å². The monoisotopic (exact) mass is 323 g/mol. The molecule has 1 aromatic rings. The smallest absolute Gasteiger partial charge is 0.408 e. The second kappa shape index (κ2) is 8.36. The number of hydrogen-bond acceptors (Lipinski definition) is 6. The molecule has 0 saturated heterocycles. The molecule has 1 heterocycles. The summed E-state index contributed by atoms with van der Waals surface area (Å²) in [6, 6.07) is 2.87. The molecule has 7 nitrogen and oxygen atoms in total. The van der Waals surface area contributed by atoms with Crippen molar-refractivity contribution in [1.82, 2.24) is 10.3 Å². The predicted molar refractivity (Wildman–Crippen MR) is 86.8 cm³/mol. The number of nitrogen functional groups attached to an aromatic ring is 1. The lowest BCUT2D eigenvalue weighted by Gasteiger charge is -2.22. The third-order valence-electron chi connectivity index (χ3n) is 2.95. The Morgan fingerprint density at radius 2 is 2.04 bits per heavy atom. The minimum absolute atomic E-state index is 0.429. The van der Waals surface area contributed by atoms with E-state index in [1.165, 1.54) is 7.11 Å². The van der Waals surface area contributed by atoms with Gasteiger partial charge in [0.05, 0.1) is 19.0 Å². The van der Waals surface area contributed by atoms with E-state index in [0.717, 1.165) is 5.69 Å². The number of rotatable bonds is 6. The summed E-state index contributed by atoms with van der Waals surface area (Å²) in [4.78, 5) is 27.8. The highest BCUT2D eigenvalue weighted by Gasteiger charge is 2.24. The van der Waals surface area contributed by atoms with Gasteiger partial charge in [-0.3, -0.25) is 4.98 Å². The molecule has 23 heavy (non-hydrogen) atoms. The number of nitrogens with two attached hydrogens (primary N) is 1. The Hall–Kier alpha value is -2.31. The molecule has 0 aliphatic rings. The van der Waals surface area contributed by atoms with Gasteiger partial charge < -0.3 is 20.5 Å². The molecule has 0 spiro atoms. The van der Waals surface area contributed by atoms with Gasteiger partial charge in [-0.05, 0) is 52.2 Å². The average molecular weight is 323 g/mol. The van der Waals surface area contributed by atoms with Crippen LogP contribution in [0.25, 0.3) is 0 Å². The lowest BCUT2D eigenvalue weighted by molar-refractivity contribution is -0.143. The molecule has 1 aromatic heterocycles. The lowest BCUT2D eigenvalue weighted by atomic mass is 10.1. The molecule has 128 valence electrons. The van der Waals surface area contributed by atoms with E-state index in [-0.39, 0.29) is 0 Å². The Morgan fingerprint density at radius 1 is 1.35 bits per heavy atom. The molecular weight excluding hydrogens is 298 g/mol. The van der Waals surface area contributed by atoms with Crippen molar-refractivity contribution in [1.29, 1.82) is 0 Å². The molecule has 0 bridgehead atoms. The van der Waals surface area contributed by atoms with Gasteiger partial charge in [-0.15, -0.1) is 0 Å². The number of hydrogen-bond donors (Lipinski definition) is 2. The topological polar surface area (TPSA) is 104 Å². The maximum absolute atomic E-state index is 11.8. The Morgan fingerprint density at radius 3 is 2.57 bits per heavy atom. The van der Waals surface area contributed by atoms with Gasteiger partial charge in [0.25, 0.3) is 0 Å². The molecule has 1 rings (SSSR count). The van der Waals surface area contributed by atoms with Crippen molar-refractivity contribution in [2.45, 2.75) is 51.7 Å². The van der Waals surface area contributed by atoms with Gasteiger partial charge in [0, 0.05) is 5.69 Å². The predicted octanol–water partition coefficient (Wildman–Crippen LogP) is 2.05. The Balaban J connectivity index is 2.52. The van der Waals surface area contributed by atoms with Gasteiger partial charge in [-0.25, -0.2) is 9.59 Å². The van der Waals surface area contributed by atoms with Crippen LogP contribution in [-0.4, -0.2) is 35.8 Å². The van der Waals surface area contributed by atoms with E-state index in [2.05, 4.69) is 10.3 Å². The van der Waals surface area contributed by atoms with Crippen LogP contribution in [0.5, 0.6) is 0 Å². The summed E-state index contributed by atoms with van der Waals surface area (Å²) in [5.41, 5.74) is 6.43. The third-order valence-corrected chi connectivity index (χ3v) is 2.95. The van der Waals surface area contributed by atoms with Crippen LogP contribution < -0.4 is 11.1 Å². The largest absolute Gasteiger partial charge is 0.467 e. The van der Waals surface area contributed by atoms with Gasteiger partial charge >= 0.3 is 12.1 Å². The number of nitrogens with one attached hydrogen (secondary N) is 1. The number of amides is 1. The third kappa shape index (κ3) is 7.49. The molecule has 7 heteroatoms. The maximum atomic E-state index is 11.8. The van der Waals surface area contributed by atoms with Crippen LogP contribution in [0, 0.1) is 0 Å². The van der Waals surface area contributed by atoms with Crippen LogP contribution in [-0.2, 0) is 20.7 Å². The standard InChI is InChI=1S/C16H25N3O4/c1-16(2,3)23-15(21)19-13(14(20)22-4)7-5-6-12-9-8-11(17)10-18-12/h8-10,13H,5-7,17H2,1-4H3,(H,19,21). The normalized spacial score (nSPS) is 12.3. The summed E-state index contributed by atoms with van der Waals surface area (Å²) >= 11 is 0. The van der Waals surface area contributed by atoms with Crippen molar-refractivity contribution >= 4 is 17.7 Å².